The average molecular weight is 556 g/mol. The fourth-order valence-corrected chi connectivity index (χ4v) is 5.24. The number of rotatable bonds is 4. The van der Waals surface area contributed by atoms with Crippen molar-refractivity contribution in [1.82, 2.24) is 0 Å². The number of thiol groups is 1. The van der Waals surface area contributed by atoms with Crippen molar-refractivity contribution in [3.8, 4) is 0 Å². The summed E-state index contributed by atoms with van der Waals surface area (Å²) in [7, 11) is 1.50. The first kappa shape index (κ1) is 29.5. The van der Waals surface area contributed by atoms with Crippen LogP contribution in [0.3, 0.4) is 0 Å². The molecule has 0 aliphatic carbocycles. The molecule has 0 saturated heterocycles. The van der Waals surface area contributed by atoms with Crippen LogP contribution in [0.4, 0.5) is 5.69 Å². The summed E-state index contributed by atoms with van der Waals surface area (Å²) in [6, 6.07) is 45.4. The Morgan fingerprint density at radius 3 is 1.83 bits per heavy atom. The first-order valence-corrected chi connectivity index (χ1v) is 14.1. The summed E-state index contributed by atoms with van der Waals surface area (Å²) >= 11 is 4.92. The Morgan fingerprint density at radius 2 is 1.22 bits per heavy atom. The summed E-state index contributed by atoms with van der Waals surface area (Å²) in [4.78, 5) is 0.791. The first-order valence-electron chi connectivity index (χ1n) is 13.6. The van der Waals surface area contributed by atoms with Gasteiger partial charge in [-0.05, 0) is 59.0 Å². The lowest BCUT2D eigenvalue weighted by atomic mass is 9.87. The number of hydrogen-bond acceptors (Lipinski definition) is 4. The highest BCUT2D eigenvalue weighted by molar-refractivity contribution is 7.80. The van der Waals surface area contributed by atoms with E-state index in [0.717, 1.165) is 43.4 Å². The van der Waals surface area contributed by atoms with Gasteiger partial charge in [0, 0.05) is 21.9 Å². The second-order valence-electron chi connectivity index (χ2n) is 9.64. The van der Waals surface area contributed by atoms with E-state index in [2.05, 4.69) is 73.3 Å². The maximum Gasteiger partial charge on any atom is 0.0538 e. The van der Waals surface area contributed by atoms with E-state index >= 15 is 0 Å². The van der Waals surface area contributed by atoms with Gasteiger partial charge in [-0.15, -0.1) is 12.6 Å². The second kappa shape index (κ2) is 14.2. The smallest absolute Gasteiger partial charge is 0.0538 e. The van der Waals surface area contributed by atoms with Gasteiger partial charge < -0.3 is 17.2 Å². The van der Waals surface area contributed by atoms with Crippen molar-refractivity contribution >= 4 is 45.6 Å². The van der Waals surface area contributed by atoms with Gasteiger partial charge >= 0.3 is 0 Å². The molecule has 1 unspecified atom stereocenters. The van der Waals surface area contributed by atoms with E-state index in [4.69, 9.17) is 24.1 Å². The molecule has 6 N–H and O–H groups in total. The molecule has 0 amide bonds. The van der Waals surface area contributed by atoms with Crippen molar-refractivity contribution in [3.05, 3.63) is 162 Å². The molecular formula is C37H37N3S. The molecule has 0 spiro atoms. The van der Waals surface area contributed by atoms with Crippen LogP contribution >= 0.6 is 12.6 Å². The molecular weight excluding hydrogens is 518 g/mol. The molecule has 0 saturated carbocycles. The third-order valence-electron chi connectivity index (χ3n) is 6.96. The summed E-state index contributed by atoms with van der Waals surface area (Å²) in [5.74, 6) is -0.0814. The number of allylic oxidation sites excluding steroid dienone is 1. The van der Waals surface area contributed by atoms with E-state index in [0.29, 0.717) is 5.69 Å². The van der Waals surface area contributed by atoms with E-state index in [1.165, 1.54) is 18.0 Å². The van der Waals surface area contributed by atoms with Crippen LogP contribution in [0.5, 0.6) is 0 Å². The number of hydrogen-bond donors (Lipinski definition) is 4. The predicted molar refractivity (Wildman–Crippen MR) is 181 cm³/mol. The topological polar surface area (TPSA) is 78.1 Å². The molecule has 6 aromatic rings. The molecule has 0 aliphatic rings. The summed E-state index contributed by atoms with van der Waals surface area (Å²) in [5.41, 5.74) is 23.7. The molecule has 0 aromatic heterocycles. The fraction of sp³-hybridized carbons (Fsp3) is 0.0811. The SMILES string of the molecule is CN.Cc1ccccc1.N/C(=C\C(c1ccccc1)c1cc2ccc3ccccc3c2c(N)c1S)c1ccccc1. The lowest BCUT2D eigenvalue weighted by Crippen LogP contribution is -2.06. The third kappa shape index (κ3) is 6.98. The van der Waals surface area contributed by atoms with Crippen molar-refractivity contribution in [2.24, 2.45) is 11.5 Å². The molecule has 6 aromatic carbocycles. The van der Waals surface area contributed by atoms with Gasteiger partial charge in [0.2, 0.25) is 0 Å². The number of nitrogens with two attached hydrogens (primary N) is 3. The Hall–Kier alpha value is -4.51. The minimum absolute atomic E-state index is 0.0814. The molecule has 0 heterocycles. The van der Waals surface area contributed by atoms with Crippen molar-refractivity contribution in [1.29, 1.82) is 0 Å². The Labute approximate surface area is 248 Å². The zero-order chi connectivity index (χ0) is 29.2. The highest BCUT2D eigenvalue weighted by Crippen LogP contribution is 2.41. The number of anilines is 1. The monoisotopic (exact) mass is 555 g/mol. The van der Waals surface area contributed by atoms with Crippen LogP contribution in [0.1, 0.15) is 28.2 Å². The fourth-order valence-electron chi connectivity index (χ4n) is 4.92. The van der Waals surface area contributed by atoms with Crippen LogP contribution < -0.4 is 17.2 Å². The summed E-state index contributed by atoms with van der Waals surface area (Å²) in [5, 5.41) is 4.45. The highest BCUT2D eigenvalue weighted by atomic mass is 32.1. The molecule has 206 valence electrons. The molecule has 0 aliphatic heterocycles. The van der Waals surface area contributed by atoms with Gasteiger partial charge in [-0.2, -0.15) is 0 Å². The van der Waals surface area contributed by atoms with E-state index in [1.54, 1.807) is 0 Å². The van der Waals surface area contributed by atoms with Gasteiger partial charge in [0.05, 0.1) is 5.69 Å². The zero-order valence-electron chi connectivity index (χ0n) is 23.5. The van der Waals surface area contributed by atoms with Gasteiger partial charge in [-0.1, -0.05) is 133 Å². The van der Waals surface area contributed by atoms with Crippen molar-refractivity contribution in [2.45, 2.75) is 17.7 Å². The summed E-state index contributed by atoms with van der Waals surface area (Å²) < 4.78 is 0. The van der Waals surface area contributed by atoms with Gasteiger partial charge in [-0.3, -0.25) is 0 Å². The molecule has 1 atom stereocenters. The molecule has 0 bridgehead atoms. The van der Waals surface area contributed by atoms with Crippen molar-refractivity contribution in [3.63, 3.8) is 0 Å². The number of benzene rings is 6. The van der Waals surface area contributed by atoms with E-state index in [-0.39, 0.29) is 5.92 Å². The van der Waals surface area contributed by atoms with Crippen LogP contribution in [0.25, 0.3) is 27.2 Å². The Kier molecular flexibility index (Phi) is 10.2. The normalized spacial score (nSPS) is 11.7. The molecule has 4 heteroatoms. The molecule has 3 nitrogen and oxygen atoms in total. The van der Waals surface area contributed by atoms with Gasteiger partial charge in [0.15, 0.2) is 0 Å². The Morgan fingerprint density at radius 1 is 0.683 bits per heavy atom. The minimum atomic E-state index is -0.0814. The predicted octanol–water partition coefficient (Wildman–Crippen LogP) is 8.57. The molecule has 0 radical (unpaired) electrons. The van der Waals surface area contributed by atoms with Crippen LogP contribution in [0.2, 0.25) is 0 Å². The number of nitrogen functional groups attached to an aromatic ring is 1. The van der Waals surface area contributed by atoms with E-state index in [9.17, 15) is 0 Å². The van der Waals surface area contributed by atoms with Crippen molar-refractivity contribution < 1.29 is 0 Å². The second-order valence-corrected chi connectivity index (χ2v) is 10.1. The van der Waals surface area contributed by atoms with Gasteiger partial charge in [-0.25, -0.2) is 0 Å². The van der Waals surface area contributed by atoms with Crippen LogP contribution in [-0.4, -0.2) is 7.05 Å². The Balaban J connectivity index is 0.000000372. The summed E-state index contributed by atoms with van der Waals surface area (Å²) in [6.07, 6.45) is 2.10. The number of fused-ring (bicyclic) bond motifs is 3. The standard InChI is InChI=1S/C29H24N2S.C7H8.CH5N/c30-26(21-12-5-2-6-13-21)18-24(19-9-3-1-4-10-19)25-17-22-16-15-20-11-7-8-14-23(20)27(22)28(31)29(25)32;1-7-5-3-2-4-6-7;1-2/h1-18,24,32H,30-31H2;2-6H,1H3;2H2,1H3/b26-18-;;. The van der Waals surface area contributed by atoms with Gasteiger partial charge in [0.1, 0.15) is 0 Å². The molecule has 41 heavy (non-hydrogen) atoms. The Bertz CT molecular complexity index is 1730. The maximum atomic E-state index is 6.71. The molecule has 0 fully saturated rings. The quantitative estimate of drug-likeness (QED) is 0.0999. The van der Waals surface area contributed by atoms with Crippen LogP contribution in [-0.2, 0) is 0 Å². The third-order valence-corrected chi connectivity index (χ3v) is 7.46. The minimum Gasteiger partial charge on any atom is -0.398 e. The lowest BCUT2D eigenvalue weighted by molar-refractivity contribution is 0.994. The van der Waals surface area contributed by atoms with Crippen LogP contribution in [0, 0.1) is 6.92 Å². The summed E-state index contributed by atoms with van der Waals surface area (Å²) in [6.45, 7) is 2.08. The van der Waals surface area contributed by atoms with E-state index in [1.807, 2.05) is 78.9 Å². The van der Waals surface area contributed by atoms with E-state index < -0.39 is 0 Å². The maximum absolute atomic E-state index is 6.71. The average Bonchev–Trinajstić information content (AvgIpc) is 3.04. The van der Waals surface area contributed by atoms with Gasteiger partial charge in [0.25, 0.3) is 0 Å². The number of aryl methyl sites for hydroxylation is 1. The lowest BCUT2D eigenvalue weighted by Gasteiger charge is -2.21. The largest absolute Gasteiger partial charge is 0.398 e. The first-order chi connectivity index (χ1) is 20.0. The highest BCUT2D eigenvalue weighted by Gasteiger charge is 2.19. The van der Waals surface area contributed by atoms with Crippen LogP contribution in [0.15, 0.2) is 144 Å². The van der Waals surface area contributed by atoms with Crippen molar-refractivity contribution in [2.75, 3.05) is 12.8 Å². The molecule has 6 rings (SSSR count). The zero-order valence-corrected chi connectivity index (χ0v) is 24.4.